The van der Waals surface area contributed by atoms with Crippen LogP contribution in [0.1, 0.15) is 10.4 Å². The van der Waals surface area contributed by atoms with E-state index in [1.807, 2.05) is 0 Å². The Morgan fingerprint density at radius 3 is 2.57 bits per heavy atom. The Balaban J connectivity index is 1.91. The Morgan fingerprint density at radius 2 is 1.86 bits per heavy atom. The first-order valence-corrected chi connectivity index (χ1v) is 6.41. The average molecular weight is 308 g/mol. The van der Waals surface area contributed by atoms with Crippen molar-refractivity contribution >= 4 is 29.2 Å². The topological polar surface area (TPSA) is 55.4 Å². The van der Waals surface area contributed by atoms with Crippen LogP contribution in [-0.2, 0) is 9.53 Å². The van der Waals surface area contributed by atoms with Crippen molar-refractivity contribution in [3.05, 3.63) is 64.9 Å². The first-order valence-electron chi connectivity index (χ1n) is 6.03. The second kappa shape index (κ2) is 6.85. The molecule has 0 fully saturated rings. The number of halogens is 2. The summed E-state index contributed by atoms with van der Waals surface area (Å²) in [7, 11) is 0. The van der Waals surface area contributed by atoms with Gasteiger partial charge in [-0.3, -0.25) is 4.79 Å². The maximum Gasteiger partial charge on any atom is 0.338 e. The normalized spacial score (nSPS) is 10.0. The van der Waals surface area contributed by atoms with Crippen LogP contribution in [0.4, 0.5) is 10.1 Å². The van der Waals surface area contributed by atoms with E-state index in [0.717, 1.165) is 6.07 Å². The van der Waals surface area contributed by atoms with Crippen LogP contribution in [0.5, 0.6) is 0 Å². The number of carbonyl (C=O) groups is 2. The zero-order valence-electron chi connectivity index (χ0n) is 10.8. The lowest BCUT2D eigenvalue weighted by Gasteiger charge is -2.07. The molecule has 6 heteroatoms. The number of amides is 1. The maximum absolute atomic E-state index is 13.4. The number of nitrogens with one attached hydrogen (secondary N) is 1. The van der Waals surface area contributed by atoms with Crippen LogP contribution >= 0.6 is 11.6 Å². The number of ether oxygens (including phenoxy) is 1. The van der Waals surface area contributed by atoms with E-state index in [9.17, 15) is 14.0 Å². The third-order valence-corrected chi connectivity index (χ3v) is 2.78. The second-order valence-electron chi connectivity index (χ2n) is 4.11. The fourth-order valence-corrected chi connectivity index (χ4v) is 1.74. The Labute approximate surface area is 125 Å². The third kappa shape index (κ3) is 4.29. The van der Waals surface area contributed by atoms with Gasteiger partial charge in [0, 0.05) is 5.02 Å². The minimum atomic E-state index is -0.652. The molecule has 0 heterocycles. The molecule has 0 aliphatic heterocycles. The second-order valence-corrected chi connectivity index (χ2v) is 4.55. The summed E-state index contributed by atoms with van der Waals surface area (Å²) in [4.78, 5) is 23.2. The summed E-state index contributed by atoms with van der Waals surface area (Å²) < 4.78 is 18.2. The minimum absolute atomic E-state index is 0.0664. The van der Waals surface area contributed by atoms with Crippen LogP contribution in [0.15, 0.2) is 48.5 Å². The Bertz CT molecular complexity index is 661. The molecule has 1 N–H and O–H groups in total. The van der Waals surface area contributed by atoms with Gasteiger partial charge in [-0.2, -0.15) is 0 Å². The molecule has 1 amide bonds. The number of hydrogen-bond donors (Lipinski definition) is 1. The summed E-state index contributed by atoms with van der Waals surface area (Å²) in [6, 6.07) is 12.0. The molecule has 108 valence electrons. The van der Waals surface area contributed by atoms with Gasteiger partial charge in [0.05, 0.1) is 11.3 Å². The number of rotatable bonds is 4. The summed E-state index contributed by atoms with van der Waals surface area (Å²) in [5, 5.41) is 2.57. The SMILES string of the molecule is O=C(COC(=O)c1ccccc1)Nc1cc(Cl)ccc1F. The van der Waals surface area contributed by atoms with E-state index in [2.05, 4.69) is 5.32 Å². The quantitative estimate of drug-likeness (QED) is 0.882. The largest absolute Gasteiger partial charge is 0.452 e. The predicted octanol–water partition coefficient (Wildman–Crippen LogP) is 3.27. The summed E-state index contributed by atoms with van der Waals surface area (Å²) in [6.45, 7) is -0.514. The van der Waals surface area contributed by atoms with Crippen LogP contribution in [-0.4, -0.2) is 18.5 Å². The van der Waals surface area contributed by atoms with Gasteiger partial charge in [-0.05, 0) is 30.3 Å². The number of benzene rings is 2. The van der Waals surface area contributed by atoms with Crippen molar-refractivity contribution < 1.29 is 18.7 Å². The molecule has 2 rings (SSSR count). The van der Waals surface area contributed by atoms with Crippen molar-refractivity contribution in [1.82, 2.24) is 0 Å². The molecule has 21 heavy (non-hydrogen) atoms. The lowest BCUT2D eigenvalue weighted by atomic mass is 10.2. The van der Waals surface area contributed by atoms with Gasteiger partial charge in [-0.1, -0.05) is 29.8 Å². The number of hydrogen-bond acceptors (Lipinski definition) is 3. The number of carbonyl (C=O) groups excluding carboxylic acids is 2. The molecule has 0 radical (unpaired) electrons. The Hall–Kier alpha value is -2.40. The predicted molar refractivity (Wildman–Crippen MR) is 76.8 cm³/mol. The van der Waals surface area contributed by atoms with E-state index in [4.69, 9.17) is 16.3 Å². The molecule has 0 spiro atoms. The molecule has 0 aliphatic rings. The highest BCUT2D eigenvalue weighted by Crippen LogP contribution is 2.19. The number of anilines is 1. The van der Waals surface area contributed by atoms with E-state index in [1.54, 1.807) is 30.3 Å². The molecular weight excluding hydrogens is 297 g/mol. The molecule has 4 nitrogen and oxygen atoms in total. The standard InChI is InChI=1S/C15H11ClFNO3/c16-11-6-7-12(17)13(8-11)18-14(19)9-21-15(20)10-4-2-1-3-5-10/h1-8H,9H2,(H,18,19). The van der Waals surface area contributed by atoms with Crippen LogP contribution in [0.3, 0.4) is 0 Å². The van der Waals surface area contributed by atoms with Gasteiger partial charge in [0.15, 0.2) is 6.61 Å². The van der Waals surface area contributed by atoms with E-state index < -0.39 is 24.3 Å². The lowest BCUT2D eigenvalue weighted by molar-refractivity contribution is -0.119. The Morgan fingerprint density at radius 1 is 1.14 bits per heavy atom. The fourth-order valence-electron chi connectivity index (χ4n) is 1.57. The van der Waals surface area contributed by atoms with Crippen molar-refractivity contribution in [2.24, 2.45) is 0 Å². The number of esters is 1. The zero-order valence-corrected chi connectivity index (χ0v) is 11.6. The van der Waals surface area contributed by atoms with Gasteiger partial charge in [-0.25, -0.2) is 9.18 Å². The van der Waals surface area contributed by atoms with Gasteiger partial charge in [-0.15, -0.1) is 0 Å². The minimum Gasteiger partial charge on any atom is -0.452 e. The van der Waals surface area contributed by atoms with Crippen molar-refractivity contribution in [3.63, 3.8) is 0 Å². The molecule has 0 unspecified atom stereocenters. The molecule has 2 aromatic carbocycles. The summed E-state index contributed by atoms with van der Waals surface area (Å²) >= 11 is 5.70. The molecule has 0 aromatic heterocycles. The van der Waals surface area contributed by atoms with Crippen molar-refractivity contribution in [2.45, 2.75) is 0 Å². The first-order chi connectivity index (χ1) is 10.1. The summed E-state index contributed by atoms with van der Waals surface area (Å²) in [6.07, 6.45) is 0. The van der Waals surface area contributed by atoms with Gasteiger partial charge in [0.1, 0.15) is 5.82 Å². The van der Waals surface area contributed by atoms with Crippen LogP contribution in [0.2, 0.25) is 5.02 Å². The van der Waals surface area contributed by atoms with Gasteiger partial charge in [0.2, 0.25) is 0 Å². The molecule has 0 bridgehead atoms. The van der Waals surface area contributed by atoms with Crippen LogP contribution in [0.25, 0.3) is 0 Å². The highest BCUT2D eigenvalue weighted by molar-refractivity contribution is 6.30. The fraction of sp³-hybridized carbons (Fsp3) is 0.0667. The van der Waals surface area contributed by atoms with Crippen molar-refractivity contribution in [2.75, 3.05) is 11.9 Å². The monoisotopic (exact) mass is 307 g/mol. The third-order valence-electron chi connectivity index (χ3n) is 2.55. The molecular formula is C15H11ClFNO3. The molecule has 0 atom stereocenters. The van der Waals surface area contributed by atoms with Crippen molar-refractivity contribution in [1.29, 1.82) is 0 Å². The zero-order chi connectivity index (χ0) is 15.2. The van der Waals surface area contributed by atoms with E-state index in [0.29, 0.717) is 5.56 Å². The van der Waals surface area contributed by atoms with Gasteiger partial charge < -0.3 is 10.1 Å². The highest BCUT2D eigenvalue weighted by atomic mass is 35.5. The van der Waals surface area contributed by atoms with E-state index in [-0.39, 0.29) is 10.7 Å². The first kappa shape index (κ1) is 15.0. The van der Waals surface area contributed by atoms with Crippen LogP contribution < -0.4 is 5.32 Å². The smallest absolute Gasteiger partial charge is 0.338 e. The highest BCUT2D eigenvalue weighted by Gasteiger charge is 2.11. The average Bonchev–Trinajstić information content (AvgIpc) is 2.49. The molecule has 0 aliphatic carbocycles. The maximum atomic E-state index is 13.4. The molecule has 0 saturated heterocycles. The van der Waals surface area contributed by atoms with E-state index >= 15 is 0 Å². The lowest BCUT2D eigenvalue weighted by Crippen LogP contribution is -2.21. The van der Waals surface area contributed by atoms with Gasteiger partial charge >= 0.3 is 5.97 Å². The Kier molecular flexibility index (Phi) is 4.90. The van der Waals surface area contributed by atoms with Crippen molar-refractivity contribution in [3.8, 4) is 0 Å². The summed E-state index contributed by atoms with van der Waals surface area (Å²) in [5.41, 5.74) is 0.266. The molecule has 2 aromatic rings. The van der Waals surface area contributed by atoms with Crippen LogP contribution in [0, 0.1) is 5.82 Å². The van der Waals surface area contributed by atoms with Gasteiger partial charge in [0.25, 0.3) is 5.91 Å². The molecule has 0 saturated carbocycles. The van der Waals surface area contributed by atoms with E-state index in [1.165, 1.54) is 12.1 Å². The summed E-state index contributed by atoms with van der Waals surface area (Å²) in [5.74, 6) is -1.90.